The Kier molecular flexibility index (Phi) is 6.68. The molecule has 0 unspecified atom stereocenters. The predicted octanol–water partition coefficient (Wildman–Crippen LogP) is 4.37. The number of pyridine rings is 2. The molecule has 0 radical (unpaired) electrons. The number of rotatable bonds is 6. The zero-order valence-electron chi connectivity index (χ0n) is 18.6. The lowest BCUT2D eigenvalue weighted by molar-refractivity contribution is 0.0258. The van der Waals surface area contributed by atoms with E-state index in [1.807, 2.05) is 10.6 Å². The lowest BCUT2D eigenvalue weighted by Gasteiger charge is -2.24. The van der Waals surface area contributed by atoms with E-state index >= 15 is 0 Å². The van der Waals surface area contributed by atoms with Gasteiger partial charge in [-0.2, -0.15) is 0 Å². The molecule has 2 fully saturated rings. The van der Waals surface area contributed by atoms with Gasteiger partial charge in [0.05, 0.1) is 18.9 Å². The van der Waals surface area contributed by atoms with Gasteiger partial charge in [0, 0.05) is 50.4 Å². The molecule has 2 aliphatic heterocycles. The SMILES string of the molecule is O=C(Nc1cn2cc(C3CCOCC3)nc2cc1OC1CCOCC1)c1cccc(C(F)F)n1. The van der Waals surface area contributed by atoms with Crippen molar-refractivity contribution >= 4 is 17.2 Å². The van der Waals surface area contributed by atoms with Crippen LogP contribution in [0.1, 0.15) is 59.9 Å². The zero-order chi connectivity index (χ0) is 23.5. The van der Waals surface area contributed by atoms with Crippen LogP contribution in [0, 0.1) is 0 Å². The summed E-state index contributed by atoms with van der Waals surface area (Å²) >= 11 is 0. The van der Waals surface area contributed by atoms with E-state index < -0.39 is 18.0 Å². The van der Waals surface area contributed by atoms with Crippen LogP contribution < -0.4 is 10.1 Å². The van der Waals surface area contributed by atoms with Crippen molar-refractivity contribution in [2.45, 2.75) is 44.1 Å². The van der Waals surface area contributed by atoms with Crippen molar-refractivity contribution in [1.29, 1.82) is 0 Å². The van der Waals surface area contributed by atoms with Gasteiger partial charge < -0.3 is 23.9 Å². The molecule has 180 valence electrons. The van der Waals surface area contributed by atoms with Gasteiger partial charge in [0.2, 0.25) is 0 Å². The number of hydrogen-bond donors (Lipinski definition) is 1. The average molecular weight is 472 g/mol. The number of anilines is 1. The summed E-state index contributed by atoms with van der Waals surface area (Å²) in [6.45, 7) is 2.64. The summed E-state index contributed by atoms with van der Waals surface area (Å²) in [5, 5.41) is 2.79. The Morgan fingerprint density at radius 3 is 2.53 bits per heavy atom. The van der Waals surface area contributed by atoms with Gasteiger partial charge in [-0.3, -0.25) is 4.79 Å². The quantitative estimate of drug-likeness (QED) is 0.573. The van der Waals surface area contributed by atoms with Crippen molar-refractivity contribution < 1.29 is 27.8 Å². The van der Waals surface area contributed by atoms with Crippen LogP contribution in [-0.2, 0) is 9.47 Å². The van der Waals surface area contributed by atoms with Crippen LogP contribution in [0.25, 0.3) is 5.65 Å². The second kappa shape index (κ2) is 10.0. The van der Waals surface area contributed by atoms with Crippen molar-refractivity contribution in [3.63, 3.8) is 0 Å². The van der Waals surface area contributed by atoms with Gasteiger partial charge in [0.15, 0.2) is 0 Å². The summed E-state index contributed by atoms with van der Waals surface area (Å²) in [5.41, 5.74) is 1.56. The Bertz CT molecular complexity index is 1160. The number of aromatic nitrogens is 3. The molecule has 5 rings (SSSR count). The van der Waals surface area contributed by atoms with E-state index in [0.717, 1.165) is 31.4 Å². The monoisotopic (exact) mass is 472 g/mol. The number of nitrogens with one attached hydrogen (secondary N) is 1. The van der Waals surface area contributed by atoms with Gasteiger partial charge in [-0.25, -0.2) is 18.7 Å². The Labute approximate surface area is 195 Å². The van der Waals surface area contributed by atoms with Crippen LogP contribution in [0.4, 0.5) is 14.5 Å². The Morgan fingerprint density at radius 2 is 1.79 bits per heavy atom. The van der Waals surface area contributed by atoms with Gasteiger partial charge in [-0.15, -0.1) is 0 Å². The first kappa shape index (κ1) is 22.7. The maximum Gasteiger partial charge on any atom is 0.280 e. The first-order valence-corrected chi connectivity index (χ1v) is 11.5. The molecule has 1 amide bonds. The van der Waals surface area contributed by atoms with Crippen LogP contribution in [-0.4, -0.2) is 52.8 Å². The third-order valence-electron chi connectivity index (χ3n) is 6.15. The van der Waals surface area contributed by atoms with Crippen molar-refractivity contribution in [2.24, 2.45) is 0 Å². The number of amides is 1. The predicted molar refractivity (Wildman–Crippen MR) is 120 cm³/mol. The molecular weight excluding hydrogens is 446 g/mol. The molecule has 2 aliphatic rings. The first-order valence-electron chi connectivity index (χ1n) is 11.5. The van der Waals surface area contributed by atoms with Crippen molar-refractivity contribution in [3.05, 3.63) is 53.7 Å². The number of imidazole rings is 1. The third-order valence-corrected chi connectivity index (χ3v) is 6.15. The lowest BCUT2D eigenvalue weighted by Crippen LogP contribution is -2.26. The largest absolute Gasteiger partial charge is 0.488 e. The molecule has 8 nitrogen and oxygen atoms in total. The number of nitrogens with zero attached hydrogens (tertiary/aromatic N) is 3. The van der Waals surface area contributed by atoms with Crippen molar-refractivity contribution in [2.75, 3.05) is 31.7 Å². The van der Waals surface area contributed by atoms with Crippen molar-refractivity contribution in [1.82, 2.24) is 14.4 Å². The molecule has 0 aliphatic carbocycles. The van der Waals surface area contributed by atoms with Crippen LogP contribution in [0.15, 0.2) is 36.7 Å². The summed E-state index contributed by atoms with van der Waals surface area (Å²) in [4.78, 5) is 21.5. The zero-order valence-corrected chi connectivity index (χ0v) is 18.6. The topological polar surface area (TPSA) is 87.0 Å². The summed E-state index contributed by atoms with van der Waals surface area (Å²) < 4.78 is 45.1. The van der Waals surface area contributed by atoms with E-state index in [1.165, 1.54) is 18.2 Å². The maximum absolute atomic E-state index is 13.0. The fourth-order valence-corrected chi connectivity index (χ4v) is 4.28. The summed E-state index contributed by atoms with van der Waals surface area (Å²) in [6, 6.07) is 5.79. The molecule has 0 bridgehead atoms. The first-order chi connectivity index (χ1) is 16.6. The number of carbonyl (C=O) groups is 1. The highest BCUT2D eigenvalue weighted by atomic mass is 19.3. The number of fused-ring (bicyclic) bond motifs is 1. The fraction of sp³-hybridized carbons (Fsp3) is 0.458. The summed E-state index contributed by atoms with van der Waals surface area (Å²) in [5.74, 6) is 0.193. The molecule has 0 spiro atoms. The molecule has 1 N–H and O–H groups in total. The second-order valence-corrected chi connectivity index (χ2v) is 8.50. The number of carbonyl (C=O) groups excluding carboxylic acids is 1. The Morgan fingerprint density at radius 1 is 1.06 bits per heavy atom. The maximum atomic E-state index is 13.0. The highest BCUT2D eigenvalue weighted by Gasteiger charge is 2.23. The van der Waals surface area contributed by atoms with E-state index in [-0.39, 0.29) is 11.8 Å². The van der Waals surface area contributed by atoms with E-state index in [2.05, 4.69) is 10.3 Å². The average Bonchev–Trinajstić information content (AvgIpc) is 3.28. The number of halogens is 2. The fourth-order valence-electron chi connectivity index (χ4n) is 4.28. The molecule has 0 saturated carbocycles. The Balaban J connectivity index is 1.46. The van der Waals surface area contributed by atoms with Crippen LogP contribution in [0.5, 0.6) is 5.75 Å². The molecule has 3 aromatic rings. The molecular formula is C24H26F2N4O4. The standard InChI is InChI=1S/C24H26F2N4O4/c25-23(26)17-2-1-3-18(27-17)24(31)29-20-14-30-13-19(15-4-8-32-9-5-15)28-22(30)12-21(20)34-16-6-10-33-11-7-16/h1-3,12-16,23H,4-11H2,(H,29,31). The molecule has 5 heterocycles. The van der Waals surface area contributed by atoms with E-state index in [9.17, 15) is 13.6 Å². The normalized spacial score (nSPS) is 17.9. The minimum absolute atomic E-state index is 0.0583. The van der Waals surface area contributed by atoms with E-state index in [1.54, 1.807) is 12.3 Å². The highest BCUT2D eigenvalue weighted by molar-refractivity contribution is 6.03. The minimum atomic E-state index is -2.76. The summed E-state index contributed by atoms with van der Waals surface area (Å²) in [6.07, 6.45) is 4.17. The van der Waals surface area contributed by atoms with Gasteiger partial charge >= 0.3 is 0 Å². The third kappa shape index (κ3) is 5.02. The Hall–Kier alpha value is -3.11. The van der Waals surface area contributed by atoms with Crippen LogP contribution in [0.2, 0.25) is 0 Å². The lowest BCUT2D eigenvalue weighted by atomic mass is 9.97. The second-order valence-electron chi connectivity index (χ2n) is 8.50. The van der Waals surface area contributed by atoms with E-state index in [0.29, 0.717) is 49.4 Å². The highest BCUT2D eigenvalue weighted by Crippen LogP contribution is 2.32. The number of ether oxygens (including phenoxy) is 3. The van der Waals surface area contributed by atoms with Gasteiger partial charge in [-0.1, -0.05) is 6.07 Å². The smallest absolute Gasteiger partial charge is 0.280 e. The van der Waals surface area contributed by atoms with Crippen LogP contribution >= 0.6 is 0 Å². The molecule has 3 aromatic heterocycles. The molecule has 10 heteroatoms. The molecule has 0 aromatic carbocycles. The van der Waals surface area contributed by atoms with Gasteiger partial charge in [0.25, 0.3) is 12.3 Å². The number of hydrogen-bond acceptors (Lipinski definition) is 6. The molecule has 34 heavy (non-hydrogen) atoms. The van der Waals surface area contributed by atoms with Crippen LogP contribution in [0.3, 0.4) is 0 Å². The number of alkyl halides is 2. The van der Waals surface area contributed by atoms with Gasteiger partial charge in [0.1, 0.15) is 34.6 Å². The van der Waals surface area contributed by atoms with E-state index in [4.69, 9.17) is 19.2 Å². The minimum Gasteiger partial charge on any atom is -0.488 e. The van der Waals surface area contributed by atoms with Gasteiger partial charge in [-0.05, 0) is 25.0 Å². The summed E-state index contributed by atoms with van der Waals surface area (Å²) in [7, 11) is 0. The molecule has 2 saturated heterocycles. The van der Waals surface area contributed by atoms with Crippen molar-refractivity contribution in [3.8, 4) is 5.75 Å². The molecule has 0 atom stereocenters.